The van der Waals surface area contributed by atoms with Crippen LogP contribution in [0, 0.1) is 5.92 Å². The molecule has 1 aliphatic heterocycles. The molecule has 3 rings (SSSR count). The lowest BCUT2D eigenvalue weighted by molar-refractivity contribution is -0.134. The first-order chi connectivity index (χ1) is 14.7. The molecule has 0 bridgehead atoms. The van der Waals surface area contributed by atoms with Crippen LogP contribution in [0.3, 0.4) is 0 Å². The average Bonchev–Trinajstić information content (AvgIpc) is 2.74. The maximum absolute atomic E-state index is 12.6. The molecular weight excluding hydrogens is 420 g/mol. The number of fused-ring (bicyclic) bond motifs is 1. The molecule has 1 N–H and O–H groups in total. The average molecular weight is 445 g/mol. The van der Waals surface area contributed by atoms with Gasteiger partial charge in [0.1, 0.15) is 23.0 Å². The minimum atomic E-state index is -1.10. The fraction of sp³-hybridized carbons (Fsp3) is 0.348. The van der Waals surface area contributed by atoms with Crippen molar-refractivity contribution in [2.24, 2.45) is 10.9 Å². The lowest BCUT2D eigenvalue weighted by Crippen LogP contribution is -2.47. The van der Waals surface area contributed by atoms with Gasteiger partial charge in [-0.05, 0) is 56.7 Å². The van der Waals surface area contributed by atoms with E-state index in [0.717, 1.165) is 0 Å². The zero-order valence-corrected chi connectivity index (χ0v) is 18.7. The van der Waals surface area contributed by atoms with E-state index in [-0.39, 0.29) is 24.3 Å². The summed E-state index contributed by atoms with van der Waals surface area (Å²) < 4.78 is 16.5. The Hall–Kier alpha value is -3.06. The highest BCUT2D eigenvalue weighted by molar-refractivity contribution is 6.30. The lowest BCUT2D eigenvalue weighted by Gasteiger charge is -2.27. The molecule has 0 fully saturated rings. The molecule has 31 heavy (non-hydrogen) atoms. The third-order valence-electron chi connectivity index (χ3n) is 4.99. The number of benzene rings is 1. The number of nitrogens with one attached hydrogen (secondary N) is 1. The SMILES string of the molecule is COC1=CC=C(OC)C2C=C(CCNC(=O)C(C)(C)Oc3ccc(Cl)cc3)C(=O)N=C12. The summed E-state index contributed by atoms with van der Waals surface area (Å²) in [6.07, 6.45) is 5.67. The summed E-state index contributed by atoms with van der Waals surface area (Å²) in [5, 5.41) is 3.41. The highest BCUT2D eigenvalue weighted by Gasteiger charge is 2.33. The quantitative estimate of drug-likeness (QED) is 0.662. The molecular formula is C23H25ClN2O5. The summed E-state index contributed by atoms with van der Waals surface area (Å²) in [5.41, 5.74) is -0.0691. The van der Waals surface area contributed by atoms with Gasteiger partial charge in [-0.3, -0.25) is 9.59 Å². The number of aliphatic imine (C=N–C) groups is 1. The van der Waals surface area contributed by atoms with E-state index in [2.05, 4.69) is 10.3 Å². The van der Waals surface area contributed by atoms with E-state index in [1.807, 2.05) is 6.08 Å². The highest BCUT2D eigenvalue weighted by atomic mass is 35.5. The first-order valence-electron chi connectivity index (χ1n) is 9.82. The molecule has 0 saturated carbocycles. The normalized spacial score (nSPS) is 18.1. The number of amides is 2. The monoisotopic (exact) mass is 444 g/mol. The fourth-order valence-corrected chi connectivity index (χ4v) is 3.43. The first-order valence-corrected chi connectivity index (χ1v) is 10.2. The topological polar surface area (TPSA) is 86.2 Å². The van der Waals surface area contributed by atoms with E-state index in [4.69, 9.17) is 25.8 Å². The van der Waals surface area contributed by atoms with Gasteiger partial charge in [0, 0.05) is 17.1 Å². The van der Waals surface area contributed by atoms with E-state index < -0.39 is 5.60 Å². The second-order valence-electron chi connectivity index (χ2n) is 7.55. The Balaban J connectivity index is 1.61. The fourth-order valence-electron chi connectivity index (χ4n) is 3.30. The Morgan fingerprint density at radius 2 is 1.87 bits per heavy atom. The first kappa shape index (κ1) is 22.6. The standard InChI is InChI=1S/C23H25ClN2O5/c1-23(2,31-16-7-5-15(24)6-8-16)22(28)25-12-11-14-13-17-18(29-3)9-10-19(30-4)20(17)26-21(14)27/h5-10,13,17H,11-12H2,1-4H3,(H,25,28). The number of rotatable bonds is 8. The molecule has 164 valence electrons. The molecule has 0 radical (unpaired) electrons. The molecule has 0 aromatic heterocycles. The highest BCUT2D eigenvalue weighted by Crippen LogP contribution is 2.30. The third-order valence-corrected chi connectivity index (χ3v) is 5.24. The zero-order chi connectivity index (χ0) is 22.6. The van der Waals surface area contributed by atoms with Crippen LogP contribution < -0.4 is 10.1 Å². The molecule has 1 atom stereocenters. The number of allylic oxidation sites excluding steroid dienone is 4. The largest absolute Gasteiger partial charge is 0.500 e. The van der Waals surface area contributed by atoms with Gasteiger partial charge in [-0.1, -0.05) is 17.7 Å². The maximum atomic E-state index is 12.6. The second kappa shape index (κ2) is 9.39. The summed E-state index contributed by atoms with van der Waals surface area (Å²) in [5.74, 6) is 0.801. The Morgan fingerprint density at radius 3 is 2.52 bits per heavy atom. The molecule has 2 amide bonds. The van der Waals surface area contributed by atoms with Crippen LogP contribution in [0.5, 0.6) is 5.75 Å². The molecule has 7 nitrogen and oxygen atoms in total. The summed E-state index contributed by atoms with van der Waals surface area (Å²) in [6, 6.07) is 6.79. The predicted molar refractivity (Wildman–Crippen MR) is 118 cm³/mol. The van der Waals surface area contributed by atoms with Crippen molar-refractivity contribution in [3.8, 4) is 5.75 Å². The minimum Gasteiger partial charge on any atom is -0.500 e. The minimum absolute atomic E-state index is 0.264. The van der Waals surface area contributed by atoms with Crippen molar-refractivity contribution in [3.05, 3.63) is 64.6 Å². The smallest absolute Gasteiger partial charge is 0.273 e. The van der Waals surface area contributed by atoms with Crippen molar-refractivity contribution in [1.82, 2.24) is 5.32 Å². The van der Waals surface area contributed by atoms with Crippen LogP contribution in [-0.2, 0) is 19.1 Å². The number of halogens is 1. The van der Waals surface area contributed by atoms with Crippen molar-refractivity contribution in [1.29, 1.82) is 0 Å². The second-order valence-corrected chi connectivity index (χ2v) is 7.99. The van der Waals surface area contributed by atoms with Gasteiger partial charge in [0.25, 0.3) is 11.8 Å². The van der Waals surface area contributed by atoms with E-state index >= 15 is 0 Å². The van der Waals surface area contributed by atoms with Gasteiger partial charge in [0.2, 0.25) is 0 Å². The molecule has 1 aromatic rings. The number of hydrogen-bond acceptors (Lipinski definition) is 5. The summed E-state index contributed by atoms with van der Waals surface area (Å²) >= 11 is 5.88. The number of carbonyl (C=O) groups is 2. The van der Waals surface area contributed by atoms with Crippen molar-refractivity contribution in [2.75, 3.05) is 20.8 Å². The van der Waals surface area contributed by atoms with Crippen LogP contribution in [-0.4, -0.2) is 43.9 Å². The summed E-state index contributed by atoms with van der Waals surface area (Å²) in [6.45, 7) is 3.62. The summed E-state index contributed by atoms with van der Waals surface area (Å²) in [7, 11) is 3.10. The van der Waals surface area contributed by atoms with Gasteiger partial charge in [0.05, 0.1) is 20.1 Å². The van der Waals surface area contributed by atoms with Crippen molar-refractivity contribution >= 4 is 29.1 Å². The Morgan fingerprint density at radius 1 is 1.16 bits per heavy atom. The van der Waals surface area contributed by atoms with Crippen LogP contribution in [0.1, 0.15) is 20.3 Å². The Kier molecular flexibility index (Phi) is 6.85. The van der Waals surface area contributed by atoms with Crippen molar-refractivity contribution < 1.29 is 23.8 Å². The van der Waals surface area contributed by atoms with Gasteiger partial charge < -0.3 is 19.5 Å². The van der Waals surface area contributed by atoms with Gasteiger partial charge in [0.15, 0.2) is 5.60 Å². The number of carbonyl (C=O) groups excluding carboxylic acids is 2. The third kappa shape index (κ3) is 5.17. The molecule has 0 saturated heterocycles. The van der Waals surface area contributed by atoms with Gasteiger partial charge in [-0.2, -0.15) is 0 Å². The van der Waals surface area contributed by atoms with Crippen molar-refractivity contribution in [2.45, 2.75) is 25.9 Å². The molecule has 1 heterocycles. The molecule has 1 unspecified atom stereocenters. The van der Waals surface area contributed by atoms with Crippen LogP contribution in [0.4, 0.5) is 0 Å². The van der Waals surface area contributed by atoms with E-state index in [1.165, 1.54) is 7.11 Å². The Bertz CT molecular complexity index is 990. The van der Waals surface area contributed by atoms with Crippen LogP contribution in [0.25, 0.3) is 0 Å². The van der Waals surface area contributed by atoms with Crippen LogP contribution >= 0.6 is 11.6 Å². The molecule has 8 heteroatoms. The van der Waals surface area contributed by atoms with Crippen molar-refractivity contribution in [3.63, 3.8) is 0 Å². The lowest BCUT2D eigenvalue weighted by atomic mass is 9.89. The van der Waals surface area contributed by atoms with E-state index in [9.17, 15) is 9.59 Å². The van der Waals surface area contributed by atoms with Crippen LogP contribution in [0.2, 0.25) is 5.02 Å². The number of nitrogens with zero attached hydrogens (tertiary/aromatic N) is 1. The van der Waals surface area contributed by atoms with Crippen LogP contribution in [0.15, 0.2) is 64.6 Å². The molecule has 2 aliphatic rings. The van der Waals surface area contributed by atoms with E-state index in [0.29, 0.717) is 40.0 Å². The number of methoxy groups -OCH3 is 2. The van der Waals surface area contributed by atoms with Gasteiger partial charge in [-0.25, -0.2) is 4.99 Å². The predicted octanol–water partition coefficient (Wildman–Crippen LogP) is 3.60. The molecule has 1 aromatic carbocycles. The van der Waals surface area contributed by atoms with Gasteiger partial charge >= 0.3 is 0 Å². The Labute approximate surface area is 186 Å². The maximum Gasteiger partial charge on any atom is 0.273 e. The molecule has 0 spiro atoms. The zero-order valence-electron chi connectivity index (χ0n) is 17.9. The van der Waals surface area contributed by atoms with Gasteiger partial charge in [-0.15, -0.1) is 0 Å². The number of dihydropyridines is 1. The number of ether oxygens (including phenoxy) is 3. The summed E-state index contributed by atoms with van der Waals surface area (Å²) in [4.78, 5) is 29.3. The van der Waals surface area contributed by atoms with E-state index in [1.54, 1.807) is 57.4 Å². The number of hydrogen-bond donors (Lipinski definition) is 1. The molecule has 1 aliphatic carbocycles.